The minimum absolute atomic E-state index is 0.0938. The molecule has 6 heteroatoms. The highest BCUT2D eigenvalue weighted by molar-refractivity contribution is 4.83. The molecule has 1 rings (SSSR count). The lowest BCUT2D eigenvalue weighted by Crippen LogP contribution is -2.47. The van der Waals surface area contributed by atoms with Crippen molar-refractivity contribution in [2.24, 2.45) is 5.92 Å². The second-order valence-corrected chi connectivity index (χ2v) is 5.68. The number of hydrogen-bond acceptors (Lipinski definition) is 3. The van der Waals surface area contributed by atoms with E-state index in [1.165, 1.54) is 4.90 Å². The van der Waals surface area contributed by atoms with Crippen LogP contribution in [0.2, 0.25) is 0 Å². The standard InChI is InChI=1S/C14H27F3N2O/c1-2-7-18-13-6-4-3-5-12(13)10-19(8-9-20)11-14(15,16)17/h12-13,18,20H,2-11H2,1H3. The SMILES string of the molecule is CCCNC1CCCCC1CN(CCO)CC(F)(F)F. The molecule has 0 aromatic carbocycles. The van der Waals surface area contributed by atoms with Crippen molar-refractivity contribution in [1.29, 1.82) is 0 Å². The molecule has 2 atom stereocenters. The molecule has 0 aliphatic heterocycles. The molecule has 120 valence electrons. The van der Waals surface area contributed by atoms with Gasteiger partial charge in [0.15, 0.2) is 0 Å². The number of alkyl halides is 3. The first-order chi connectivity index (χ1) is 9.46. The van der Waals surface area contributed by atoms with Gasteiger partial charge in [-0.05, 0) is 31.7 Å². The van der Waals surface area contributed by atoms with Gasteiger partial charge in [0.1, 0.15) is 0 Å². The normalized spacial score (nSPS) is 24.3. The maximum absolute atomic E-state index is 12.5. The summed E-state index contributed by atoms with van der Waals surface area (Å²) < 4.78 is 37.6. The average Bonchev–Trinajstić information content (AvgIpc) is 2.36. The van der Waals surface area contributed by atoms with Crippen molar-refractivity contribution in [2.75, 3.05) is 32.8 Å². The molecule has 2 unspecified atom stereocenters. The third-order valence-corrected chi connectivity index (χ3v) is 3.88. The van der Waals surface area contributed by atoms with Gasteiger partial charge in [0.2, 0.25) is 0 Å². The molecule has 1 aliphatic carbocycles. The Bertz CT molecular complexity index is 261. The molecule has 2 N–H and O–H groups in total. The zero-order chi connectivity index (χ0) is 15.0. The molecule has 0 radical (unpaired) electrons. The Morgan fingerprint density at radius 2 is 1.95 bits per heavy atom. The molecule has 0 spiro atoms. The first-order valence-electron chi connectivity index (χ1n) is 7.59. The summed E-state index contributed by atoms with van der Waals surface area (Å²) in [7, 11) is 0. The Labute approximate surface area is 119 Å². The molecule has 0 amide bonds. The van der Waals surface area contributed by atoms with Gasteiger partial charge in [-0.2, -0.15) is 13.2 Å². The maximum Gasteiger partial charge on any atom is 0.401 e. The van der Waals surface area contributed by atoms with E-state index in [1.54, 1.807) is 0 Å². The van der Waals surface area contributed by atoms with E-state index >= 15 is 0 Å². The van der Waals surface area contributed by atoms with Crippen molar-refractivity contribution in [3.63, 3.8) is 0 Å². The fourth-order valence-electron chi connectivity index (χ4n) is 2.99. The van der Waals surface area contributed by atoms with Crippen molar-refractivity contribution in [2.45, 2.75) is 51.2 Å². The van der Waals surface area contributed by atoms with Crippen LogP contribution in [0.1, 0.15) is 39.0 Å². The minimum atomic E-state index is -4.20. The smallest absolute Gasteiger partial charge is 0.395 e. The van der Waals surface area contributed by atoms with Gasteiger partial charge in [-0.15, -0.1) is 0 Å². The summed E-state index contributed by atoms with van der Waals surface area (Å²) in [6, 6.07) is 0.318. The van der Waals surface area contributed by atoms with Gasteiger partial charge < -0.3 is 10.4 Å². The second-order valence-electron chi connectivity index (χ2n) is 5.68. The topological polar surface area (TPSA) is 35.5 Å². The van der Waals surface area contributed by atoms with Gasteiger partial charge in [0.25, 0.3) is 0 Å². The molecule has 0 bridgehead atoms. The van der Waals surface area contributed by atoms with Crippen molar-refractivity contribution >= 4 is 0 Å². The molecule has 0 aromatic rings. The lowest BCUT2D eigenvalue weighted by Gasteiger charge is -2.36. The zero-order valence-electron chi connectivity index (χ0n) is 12.3. The fourth-order valence-corrected chi connectivity index (χ4v) is 2.99. The molecule has 1 fully saturated rings. The maximum atomic E-state index is 12.5. The van der Waals surface area contributed by atoms with E-state index in [0.717, 1.165) is 38.6 Å². The largest absolute Gasteiger partial charge is 0.401 e. The minimum Gasteiger partial charge on any atom is -0.395 e. The highest BCUT2D eigenvalue weighted by Gasteiger charge is 2.33. The summed E-state index contributed by atoms with van der Waals surface area (Å²) in [6.45, 7) is 2.37. The lowest BCUT2D eigenvalue weighted by atomic mass is 9.84. The number of aliphatic hydroxyl groups excluding tert-OH is 1. The third-order valence-electron chi connectivity index (χ3n) is 3.88. The van der Waals surface area contributed by atoms with Crippen molar-refractivity contribution in [1.82, 2.24) is 10.2 Å². The van der Waals surface area contributed by atoms with Gasteiger partial charge in [0.05, 0.1) is 13.2 Å². The van der Waals surface area contributed by atoms with Gasteiger partial charge >= 0.3 is 6.18 Å². The van der Waals surface area contributed by atoms with E-state index in [2.05, 4.69) is 12.2 Å². The third kappa shape index (κ3) is 6.90. The summed E-state index contributed by atoms with van der Waals surface area (Å²) in [4.78, 5) is 1.34. The Hall–Kier alpha value is -0.330. The first-order valence-corrected chi connectivity index (χ1v) is 7.59. The molecular formula is C14H27F3N2O. The lowest BCUT2D eigenvalue weighted by molar-refractivity contribution is -0.148. The Morgan fingerprint density at radius 1 is 1.25 bits per heavy atom. The Balaban J connectivity index is 2.54. The van der Waals surface area contributed by atoms with Crippen LogP contribution in [-0.4, -0.2) is 55.0 Å². The monoisotopic (exact) mass is 296 g/mol. The summed E-state index contributed by atoms with van der Waals surface area (Å²) in [5.74, 6) is 0.254. The molecule has 0 aromatic heterocycles. The molecule has 1 aliphatic rings. The number of hydrogen-bond donors (Lipinski definition) is 2. The van der Waals surface area contributed by atoms with E-state index in [-0.39, 0.29) is 19.1 Å². The number of aliphatic hydroxyl groups is 1. The van der Waals surface area contributed by atoms with E-state index in [0.29, 0.717) is 12.6 Å². The molecule has 1 saturated carbocycles. The van der Waals surface area contributed by atoms with Crippen LogP contribution in [0, 0.1) is 5.92 Å². The summed E-state index contributed by atoms with van der Waals surface area (Å²) in [5, 5.41) is 12.4. The fraction of sp³-hybridized carbons (Fsp3) is 1.00. The zero-order valence-corrected chi connectivity index (χ0v) is 12.3. The van der Waals surface area contributed by atoms with E-state index in [4.69, 9.17) is 5.11 Å². The molecule has 3 nitrogen and oxygen atoms in total. The number of nitrogens with zero attached hydrogens (tertiary/aromatic N) is 1. The van der Waals surface area contributed by atoms with Crippen LogP contribution >= 0.6 is 0 Å². The van der Waals surface area contributed by atoms with E-state index in [9.17, 15) is 13.2 Å². The van der Waals surface area contributed by atoms with E-state index < -0.39 is 12.7 Å². The second kappa shape index (κ2) is 8.85. The summed E-state index contributed by atoms with van der Waals surface area (Å²) in [5.41, 5.74) is 0. The first kappa shape index (κ1) is 17.7. The Kier molecular flexibility index (Phi) is 7.84. The predicted octanol–water partition coefficient (Wildman–Crippen LogP) is 2.40. The number of rotatable bonds is 8. The molecule has 0 heterocycles. The molecule has 0 saturated heterocycles. The highest BCUT2D eigenvalue weighted by atomic mass is 19.4. The number of nitrogens with one attached hydrogen (secondary N) is 1. The van der Waals surface area contributed by atoms with Crippen molar-refractivity contribution in [3.8, 4) is 0 Å². The quantitative estimate of drug-likeness (QED) is 0.722. The van der Waals surface area contributed by atoms with Gasteiger partial charge in [-0.25, -0.2) is 0 Å². The molecular weight excluding hydrogens is 269 g/mol. The van der Waals surface area contributed by atoms with Crippen molar-refractivity contribution in [3.05, 3.63) is 0 Å². The van der Waals surface area contributed by atoms with Gasteiger partial charge in [0, 0.05) is 19.1 Å². The van der Waals surface area contributed by atoms with Gasteiger partial charge in [-0.1, -0.05) is 19.8 Å². The van der Waals surface area contributed by atoms with E-state index in [1.807, 2.05) is 0 Å². The van der Waals surface area contributed by atoms with Crippen LogP contribution in [0.25, 0.3) is 0 Å². The number of halogens is 3. The van der Waals surface area contributed by atoms with Crippen LogP contribution in [0.4, 0.5) is 13.2 Å². The van der Waals surface area contributed by atoms with Crippen LogP contribution < -0.4 is 5.32 Å². The van der Waals surface area contributed by atoms with Crippen LogP contribution in [0.5, 0.6) is 0 Å². The predicted molar refractivity (Wildman–Crippen MR) is 73.6 cm³/mol. The van der Waals surface area contributed by atoms with Crippen molar-refractivity contribution < 1.29 is 18.3 Å². The summed E-state index contributed by atoms with van der Waals surface area (Å²) >= 11 is 0. The van der Waals surface area contributed by atoms with Crippen LogP contribution in [-0.2, 0) is 0 Å². The highest BCUT2D eigenvalue weighted by Crippen LogP contribution is 2.26. The Morgan fingerprint density at radius 3 is 2.55 bits per heavy atom. The molecule has 20 heavy (non-hydrogen) atoms. The summed E-state index contributed by atoms with van der Waals surface area (Å²) in [6.07, 6.45) is 1.10. The van der Waals surface area contributed by atoms with Crippen LogP contribution in [0.3, 0.4) is 0 Å². The van der Waals surface area contributed by atoms with Gasteiger partial charge in [-0.3, -0.25) is 4.90 Å². The average molecular weight is 296 g/mol. The van der Waals surface area contributed by atoms with Crippen LogP contribution in [0.15, 0.2) is 0 Å².